The summed E-state index contributed by atoms with van der Waals surface area (Å²) in [7, 11) is 3.98. The summed E-state index contributed by atoms with van der Waals surface area (Å²) in [4.78, 5) is 14.2. The van der Waals surface area contributed by atoms with E-state index in [0.29, 0.717) is 6.54 Å². The van der Waals surface area contributed by atoms with Gasteiger partial charge in [-0.25, -0.2) is 0 Å². The highest BCUT2D eigenvalue weighted by molar-refractivity contribution is 5.78. The molecule has 1 amide bonds. The maximum absolute atomic E-state index is 12.1. The molecular weight excluding hydrogens is 242 g/mol. The zero-order valence-electron chi connectivity index (χ0n) is 11.7. The van der Waals surface area contributed by atoms with Crippen molar-refractivity contribution in [1.29, 1.82) is 0 Å². The van der Waals surface area contributed by atoms with Crippen molar-refractivity contribution < 1.29 is 9.21 Å². The second-order valence-corrected chi connectivity index (χ2v) is 5.26. The molecule has 1 atom stereocenters. The van der Waals surface area contributed by atoms with Crippen LogP contribution in [-0.4, -0.2) is 44.5 Å². The summed E-state index contributed by atoms with van der Waals surface area (Å²) in [6, 6.07) is 3.91. The molecule has 1 aromatic heterocycles. The van der Waals surface area contributed by atoms with Crippen molar-refractivity contribution in [1.82, 2.24) is 15.5 Å². The Kier molecular flexibility index (Phi) is 4.99. The molecule has 2 rings (SSSR count). The van der Waals surface area contributed by atoms with E-state index in [0.717, 1.165) is 31.7 Å². The van der Waals surface area contributed by atoms with Crippen molar-refractivity contribution >= 4 is 5.91 Å². The minimum atomic E-state index is 0.0839. The summed E-state index contributed by atoms with van der Waals surface area (Å²) in [6.07, 6.45) is 3.53. The van der Waals surface area contributed by atoms with Crippen LogP contribution in [0, 0.1) is 5.92 Å². The highest BCUT2D eigenvalue weighted by Crippen LogP contribution is 2.18. The van der Waals surface area contributed by atoms with E-state index in [1.807, 2.05) is 26.2 Å². The zero-order valence-corrected chi connectivity index (χ0v) is 11.7. The predicted octanol–water partition coefficient (Wildman–Crippen LogP) is 0.998. The first-order valence-electron chi connectivity index (χ1n) is 6.86. The minimum Gasteiger partial charge on any atom is -0.468 e. The van der Waals surface area contributed by atoms with E-state index in [1.54, 1.807) is 6.26 Å². The Morgan fingerprint density at radius 2 is 2.26 bits per heavy atom. The van der Waals surface area contributed by atoms with Gasteiger partial charge in [-0.15, -0.1) is 0 Å². The van der Waals surface area contributed by atoms with Crippen LogP contribution in [0.25, 0.3) is 0 Å². The number of carbonyl (C=O) groups excluding carboxylic acids is 1. The Bertz CT molecular complexity index is 383. The fraction of sp³-hybridized carbons (Fsp3) is 0.643. The Hall–Kier alpha value is -1.33. The molecule has 0 aromatic carbocycles. The van der Waals surface area contributed by atoms with E-state index < -0.39 is 0 Å². The van der Waals surface area contributed by atoms with Gasteiger partial charge in [0.05, 0.1) is 12.3 Å². The number of rotatable bonds is 5. The molecule has 1 saturated heterocycles. The lowest BCUT2D eigenvalue weighted by molar-refractivity contribution is -0.126. The molecule has 0 spiro atoms. The average molecular weight is 265 g/mol. The van der Waals surface area contributed by atoms with Crippen LogP contribution in [0.4, 0.5) is 0 Å². The van der Waals surface area contributed by atoms with Gasteiger partial charge in [-0.05, 0) is 52.2 Å². The molecule has 0 aliphatic carbocycles. The molecule has 1 aliphatic heterocycles. The van der Waals surface area contributed by atoms with E-state index in [2.05, 4.69) is 15.5 Å². The highest BCUT2D eigenvalue weighted by atomic mass is 16.3. The molecule has 1 aromatic rings. The molecule has 1 fully saturated rings. The van der Waals surface area contributed by atoms with Gasteiger partial charge in [0.2, 0.25) is 5.91 Å². The number of hydrogen-bond donors (Lipinski definition) is 2. The second kappa shape index (κ2) is 6.73. The van der Waals surface area contributed by atoms with Crippen LogP contribution in [0.2, 0.25) is 0 Å². The van der Waals surface area contributed by atoms with E-state index in [-0.39, 0.29) is 17.9 Å². The predicted molar refractivity (Wildman–Crippen MR) is 73.7 cm³/mol. The Labute approximate surface area is 114 Å². The number of carbonyl (C=O) groups is 1. The second-order valence-electron chi connectivity index (χ2n) is 5.26. The molecule has 106 valence electrons. The van der Waals surface area contributed by atoms with Gasteiger partial charge in [0.25, 0.3) is 0 Å². The first-order chi connectivity index (χ1) is 9.18. The quantitative estimate of drug-likeness (QED) is 0.834. The largest absolute Gasteiger partial charge is 0.468 e. The van der Waals surface area contributed by atoms with E-state index in [9.17, 15) is 4.79 Å². The minimum absolute atomic E-state index is 0.0839. The van der Waals surface area contributed by atoms with Gasteiger partial charge >= 0.3 is 0 Å². The standard InChI is InChI=1S/C14H23N3O2/c1-17(2)12(13-4-3-9-19-13)10-16-14(18)11-5-7-15-8-6-11/h3-4,9,11-12,15H,5-8,10H2,1-2H3,(H,16,18). The van der Waals surface area contributed by atoms with Gasteiger partial charge in [0.15, 0.2) is 0 Å². The van der Waals surface area contributed by atoms with Gasteiger partial charge in [0.1, 0.15) is 5.76 Å². The van der Waals surface area contributed by atoms with Crippen molar-refractivity contribution in [2.75, 3.05) is 33.7 Å². The van der Waals surface area contributed by atoms with Crippen LogP contribution < -0.4 is 10.6 Å². The van der Waals surface area contributed by atoms with Crippen LogP contribution in [0.15, 0.2) is 22.8 Å². The van der Waals surface area contributed by atoms with Crippen LogP contribution in [0.5, 0.6) is 0 Å². The van der Waals surface area contributed by atoms with E-state index in [1.165, 1.54) is 0 Å². The lowest BCUT2D eigenvalue weighted by Gasteiger charge is -2.25. The van der Waals surface area contributed by atoms with Gasteiger partial charge in [-0.3, -0.25) is 9.69 Å². The molecule has 1 unspecified atom stereocenters. The molecule has 5 nitrogen and oxygen atoms in total. The summed E-state index contributed by atoms with van der Waals surface area (Å²) in [5.74, 6) is 1.20. The number of nitrogens with zero attached hydrogens (tertiary/aromatic N) is 1. The number of furan rings is 1. The average Bonchev–Trinajstić information content (AvgIpc) is 2.93. The van der Waals surface area contributed by atoms with Gasteiger partial charge in [0, 0.05) is 12.5 Å². The first-order valence-corrected chi connectivity index (χ1v) is 6.86. The molecule has 5 heteroatoms. The van der Waals surface area contributed by atoms with E-state index >= 15 is 0 Å². The Morgan fingerprint density at radius 1 is 1.53 bits per heavy atom. The normalized spacial score (nSPS) is 18.5. The van der Waals surface area contributed by atoms with Crippen LogP contribution >= 0.6 is 0 Å². The number of nitrogens with one attached hydrogen (secondary N) is 2. The fourth-order valence-electron chi connectivity index (χ4n) is 2.44. The number of likely N-dealkylation sites (N-methyl/N-ethyl adjacent to an activating group) is 1. The molecule has 2 N–H and O–H groups in total. The number of amides is 1. The molecule has 2 heterocycles. The number of hydrogen-bond acceptors (Lipinski definition) is 4. The van der Waals surface area contributed by atoms with Crippen molar-refractivity contribution in [3.05, 3.63) is 24.2 Å². The first kappa shape index (κ1) is 14.1. The summed E-state index contributed by atoms with van der Waals surface area (Å²) in [5, 5.41) is 6.33. The fourth-order valence-corrected chi connectivity index (χ4v) is 2.44. The third-order valence-electron chi connectivity index (χ3n) is 3.67. The monoisotopic (exact) mass is 265 g/mol. The van der Waals surface area contributed by atoms with Crippen molar-refractivity contribution in [2.24, 2.45) is 5.92 Å². The van der Waals surface area contributed by atoms with Crippen LogP contribution in [0.1, 0.15) is 24.6 Å². The van der Waals surface area contributed by atoms with Crippen LogP contribution in [0.3, 0.4) is 0 Å². The Morgan fingerprint density at radius 3 is 2.84 bits per heavy atom. The molecule has 0 radical (unpaired) electrons. The van der Waals surface area contributed by atoms with Gasteiger partial charge in [-0.2, -0.15) is 0 Å². The highest BCUT2D eigenvalue weighted by Gasteiger charge is 2.23. The molecule has 0 bridgehead atoms. The topological polar surface area (TPSA) is 57.5 Å². The van der Waals surface area contributed by atoms with Crippen LogP contribution in [-0.2, 0) is 4.79 Å². The maximum Gasteiger partial charge on any atom is 0.223 e. The third kappa shape index (κ3) is 3.81. The maximum atomic E-state index is 12.1. The molecular formula is C14H23N3O2. The third-order valence-corrected chi connectivity index (χ3v) is 3.67. The van der Waals surface area contributed by atoms with Crippen molar-refractivity contribution in [3.63, 3.8) is 0 Å². The zero-order chi connectivity index (χ0) is 13.7. The van der Waals surface area contributed by atoms with Crippen molar-refractivity contribution in [3.8, 4) is 0 Å². The summed E-state index contributed by atoms with van der Waals surface area (Å²) >= 11 is 0. The van der Waals surface area contributed by atoms with Gasteiger partial charge in [-0.1, -0.05) is 0 Å². The summed E-state index contributed by atoms with van der Waals surface area (Å²) in [5.41, 5.74) is 0. The molecule has 1 aliphatic rings. The molecule has 0 saturated carbocycles. The summed E-state index contributed by atoms with van der Waals surface area (Å²) in [6.45, 7) is 2.46. The van der Waals surface area contributed by atoms with Gasteiger partial charge < -0.3 is 15.1 Å². The molecule has 19 heavy (non-hydrogen) atoms. The number of piperidine rings is 1. The SMILES string of the molecule is CN(C)C(CNC(=O)C1CCNCC1)c1ccco1. The Balaban J connectivity index is 1.86. The lowest BCUT2D eigenvalue weighted by atomic mass is 9.97. The lowest BCUT2D eigenvalue weighted by Crippen LogP contribution is -2.41. The van der Waals surface area contributed by atoms with E-state index in [4.69, 9.17) is 4.42 Å². The summed E-state index contributed by atoms with van der Waals surface area (Å²) < 4.78 is 5.43. The van der Waals surface area contributed by atoms with Crippen molar-refractivity contribution in [2.45, 2.75) is 18.9 Å². The smallest absolute Gasteiger partial charge is 0.223 e.